The number of piperidine rings is 1. The first-order chi connectivity index (χ1) is 21.2. The van der Waals surface area contributed by atoms with E-state index in [2.05, 4.69) is 25.5 Å². The normalized spacial score (nSPS) is 16.4. The molecule has 3 aromatic rings. The third-order valence-electron chi connectivity index (χ3n) is 7.79. The van der Waals surface area contributed by atoms with Gasteiger partial charge in [0.2, 0.25) is 5.95 Å². The highest BCUT2D eigenvalue weighted by Gasteiger charge is 2.45. The zero-order valence-electron chi connectivity index (χ0n) is 26.8. The van der Waals surface area contributed by atoms with Gasteiger partial charge in [-0.25, -0.2) is 19.6 Å². The van der Waals surface area contributed by atoms with E-state index < -0.39 is 23.2 Å². The van der Waals surface area contributed by atoms with Gasteiger partial charge in [0.15, 0.2) is 0 Å². The summed E-state index contributed by atoms with van der Waals surface area (Å²) < 4.78 is 11.0. The number of carbonyl (C=O) groups excluding carboxylic acids is 3. The van der Waals surface area contributed by atoms with Crippen LogP contribution in [0, 0.1) is 0 Å². The van der Waals surface area contributed by atoms with Crippen LogP contribution in [0.2, 0.25) is 0 Å². The van der Waals surface area contributed by atoms with Gasteiger partial charge in [0, 0.05) is 42.4 Å². The van der Waals surface area contributed by atoms with E-state index in [1.54, 1.807) is 43.1 Å². The van der Waals surface area contributed by atoms with Crippen molar-refractivity contribution in [3.63, 3.8) is 0 Å². The highest BCUT2D eigenvalue weighted by atomic mass is 32.1. The summed E-state index contributed by atoms with van der Waals surface area (Å²) in [6.07, 6.45) is 5.76. The van der Waals surface area contributed by atoms with Gasteiger partial charge in [-0.05, 0) is 96.4 Å². The average Bonchev–Trinajstić information content (AvgIpc) is 3.63. The lowest BCUT2D eigenvalue weighted by Gasteiger charge is -2.45. The lowest BCUT2D eigenvalue weighted by Crippen LogP contribution is -2.54. The minimum atomic E-state index is -0.674. The fourth-order valence-electron chi connectivity index (χ4n) is 5.74. The summed E-state index contributed by atoms with van der Waals surface area (Å²) in [5, 5.41) is 7.66. The highest BCUT2D eigenvalue weighted by molar-refractivity contribution is 7.13. The zero-order valence-corrected chi connectivity index (χ0v) is 27.6. The van der Waals surface area contributed by atoms with Crippen molar-refractivity contribution in [2.45, 2.75) is 84.0 Å². The van der Waals surface area contributed by atoms with Crippen LogP contribution in [-0.4, -0.2) is 69.3 Å². The molecule has 0 aliphatic carbocycles. The Morgan fingerprint density at radius 1 is 0.867 bits per heavy atom. The van der Waals surface area contributed by atoms with Crippen LogP contribution in [0.3, 0.4) is 0 Å². The Morgan fingerprint density at radius 3 is 2.18 bits per heavy atom. The molecular weight excluding hydrogens is 592 g/mol. The average molecular weight is 635 g/mol. The fraction of sp³-hybridized carbons (Fsp3) is 0.485. The Balaban J connectivity index is 1.29. The van der Waals surface area contributed by atoms with Crippen LogP contribution in [0.4, 0.5) is 26.9 Å². The number of amides is 3. The molecule has 0 bridgehead atoms. The fourth-order valence-corrected chi connectivity index (χ4v) is 6.47. The molecule has 240 valence electrons. The minimum Gasteiger partial charge on any atom is -0.444 e. The number of benzene rings is 1. The standard InChI is InChI=1S/C33H42N6O5S/c1-31(2,3)43-29(41)37-24-11-10-22(26-9-7-18-45-26)19-25(24)36-27(40)23-20-34-28(35-21-23)39-15-8-12-33(39)13-16-38(17-14-33)30(42)44-32(4,5)6/h7,9-11,18-21H,8,12-17H2,1-6H3,(H,36,40)(H,37,41). The Morgan fingerprint density at radius 2 is 1.56 bits per heavy atom. The van der Waals surface area contributed by atoms with Gasteiger partial charge in [0.1, 0.15) is 11.2 Å². The molecule has 12 heteroatoms. The smallest absolute Gasteiger partial charge is 0.412 e. The van der Waals surface area contributed by atoms with Gasteiger partial charge in [-0.1, -0.05) is 12.1 Å². The topological polar surface area (TPSA) is 126 Å². The molecule has 0 radical (unpaired) electrons. The molecule has 2 fully saturated rings. The molecule has 45 heavy (non-hydrogen) atoms. The zero-order chi connectivity index (χ0) is 32.4. The SMILES string of the molecule is CC(C)(C)OC(=O)Nc1ccc(-c2cccs2)cc1NC(=O)c1cnc(N2CCCC23CCN(C(=O)OC(C)(C)C)CC3)nc1. The third-order valence-corrected chi connectivity index (χ3v) is 8.71. The number of anilines is 3. The Kier molecular flexibility index (Phi) is 9.06. The maximum atomic E-state index is 13.4. The predicted octanol–water partition coefficient (Wildman–Crippen LogP) is 7.17. The van der Waals surface area contributed by atoms with E-state index in [0.29, 0.717) is 30.4 Å². The number of nitrogens with zero attached hydrogens (tertiary/aromatic N) is 4. The summed E-state index contributed by atoms with van der Waals surface area (Å²) in [5.74, 6) is 0.167. The maximum Gasteiger partial charge on any atom is 0.412 e. The monoisotopic (exact) mass is 634 g/mol. The summed E-state index contributed by atoms with van der Waals surface area (Å²) >= 11 is 1.58. The summed E-state index contributed by atoms with van der Waals surface area (Å²) in [4.78, 5) is 52.8. The number of nitrogens with one attached hydrogen (secondary N) is 2. The molecule has 2 saturated heterocycles. The second-order valence-corrected chi connectivity index (χ2v) is 14.5. The molecule has 5 rings (SSSR count). The van der Waals surface area contributed by atoms with E-state index in [0.717, 1.165) is 42.7 Å². The van der Waals surface area contributed by atoms with Crippen LogP contribution in [0.25, 0.3) is 10.4 Å². The van der Waals surface area contributed by atoms with E-state index in [4.69, 9.17) is 9.47 Å². The van der Waals surface area contributed by atoms with Crippen molar-refractivity contribution in [1.82, 2.24) is 14.9 Å². The van der Waals surface area contributed by atoms with E-state index in [1.807, 2.05) is 50.4 Å². The molecule has 0 saturated carbocycles. The molecule has 0 unspecified atom stereocenters. The highest BCUT2D eigenvalue weighted by Crippen LogP contribution is 2.40. The maximum absolute atomic E-state index is 13.4. The van der Waals surface area contributed by atoms with Crippen molar-refractivity contribution in [2.24, 2.45) is 0 Å². The van der Waals surface area contributed by atoms with E-state index >= 15 is 0 Å². The van der Waals surface area contributed by atoms with Gasteiger partial charge in [0.25, 0.3) is 5.91 Å². The molecular formula is C33H42N6O5S. The van der Waals surface area contributed by atoms with Crippen molar-refractivity contribution in [1.29, 1.82) is 0 Å². The van der Waals surface area contributed by atoms with Gasteiger partial charge >= 0.3 is 12.2 Å². The van der Waals surface area contributed by atoms with Crippen LogP contribution in [0.1, 0.15) is 77.6 Å². The summed E-state index contributed by atoms with van der Waals surface area (Å²) in [6, 6.07) is 9.40. The molecule has 4 heterocycles. The van der Waals surface area contributed by atoms with Gasteiger partial charge in [0.05, 0.1) is 16.9 Å². The molecule has 2 aliphatic rings. The second kappa shape index (κ2) is 12.7. The first-order valence-corrected chi connectivity index (χ1v) is 16.2. The Bertz CT molecular complexity index is 1520. The van der Waals surface area contributed by atoms with Crippen molar-refractivity contribution in [3.8, 4) is 10.4 Å². The Hall–Kier alpha value is -4.19. The molecule has 2 aliphatic heterocycles. The largest absolute Gasteiger partial charge is 0.444 e. The first kappa shape index (κ1) is 32.2. The molecule has 2 N–H and O–H groups in total. The van der Waals surface area contributed by atoms with Gasteiger partial charge in [-0.3, -0.25) is 10.1 Å². The van der Waals surface area contributed by atoms with Gasteiger partial charge in [-0.2, -0.15) is 0 Å². The van der Waals surface area contributed by atoms with Gasteiger partial charge < -0.3 is 24.6 Å². The van der Waals surface area contributed by atoms with Crippen LogP contribution in [0.15, 0.2) is 48.1 Å². The number of hydrogen-bond acceptors (Lipinski definition) is 9. The molecule has 1 spiro atoms. The number of aromatic nitrogens is 2. The van der Waals surface area contributed by atoms with Crippen LogP contribution in [-0.2, 0) is 9.47 Å². The molecule has 11 nitrogen and oxygen atoms in total. The number of thiophene rings is 1. The van der Waals surface area contributed by atoms with Crippen molar-refractivity contribution >= 4 is 46.8 Å². The van der Waals surface area contributed by atoms with E-state index in [-0.39, 0.29) is 17.2 Å². The van der Waals surface area contributed by atoms with Crippen LogP contribution < -0.4 is 15.5 Å². The van der Waals surface area contributed by atoms with Crippen LogP contribution >= 0.6 is 11.3 Å². The van der Waals surface area contributed by atoms with Crippen molar-refractivity contribution in [2.75, 3.05) is 35.2 Å². The minimum absolute atomic E-state index is 0.132. The number of ether oxygens (including phenoxy) is 2. The molecule has 0 atom stereocenters. The molecule has 3 amide bonds. The van der Waals surface area contributed by atoms with Crippen LogP contribution in [0.5, 0.6) is 0 Å². The van der Waals surface area contributed by atoms with Gasteiger partial charge in [-0.15, -0.1) is 11.3 Å². The number of hydrogen-bond donors (Lipinski definition) is 2. The summed E-state index contributed by atoms with van der Waals surface area (Å²) in [7, 11) is 0. The van der Waals surface area contributed by atoms with E-state index in [1.165, 1.54) is 12.4 Å². The first-order valence-electron chi connectivity index (χ1n) is 15.3. The second-order valence-electron chi connectivity index (χ2n) is 13.5. The quantitative estimate of drug-likeness (QED) is 0.303. The Labute approximate surface area is 268 Å². The van der Waals surface area contributed by atoms with Crippen molar-refractivity contribution < 1.29 is 23.9 Å². The van der Waals surface area contributed by atoms with E-state index in [9.17, 15) is 14.4 Å². The number of rotatable bonds is 5. The summed E-state index contributed by atoms with van der Waals surface area (Å²) in [6.45, 7) is 13.0. The van der Waals surface area contributed by atoms with Crippen molar-refractivity contribution in [3.05, 3.63) is 53.7 Å². The summed E-state index contributed by atoms with van der Waals surface area (Å²) in [5.41, 5.74) is 0.689. The number of likely N-dealkylation sites (tertiary alicyclic amines) is 1. The third kappa shape index (κ3) is 7.91. The molecule has 2 aromatic heterocycles. The number of carbonyl (C=O) groups is 3. The lowest BCUT2D eigenvalue weighted by atomic mass is 9.85. The predicted molar refractivity (Wildman–Crippen MR) is 176 cm³/mol. The molecule has 1 aromatic carbocycles. The lowest BCUT2D eigenvalue weighted by molar-refractivity contribution is 0.0169.